The van der Waals surface area contributed by atoms with Crippen LogP contribution in [-0.2, 0) is 17.6 Å². The van der Waals surface area contributed by atoms with Crippen LogP contribution in [0.2, 0.25) is 0 Å². The topological polar surface area (TPSA) is 72.7 Å². The molecule has 0 spiro atoms. The van der Waals surface area contributed by atoms with Crippen molar-refractivity contribution < 1.29 is 4.79 Å². The Morgan fingerprint density at radius 2 is 2.05 bits per heavy atom. The van der Waals surface area contributed by atoms with Gasteiger partial charge in [-0.1, -0.05) is 28.1 Å². The Morgan fingerprint density at radius 1 is 1.33 bits per heavy atom. The minimum atomic E-state index is 0.000828. The maximum atomic E-state index is 11.9. The van der Waals surface area contributed by atoms with E-state index >= 15 is 0 Å². The minimum absolute atomic E-state index is 0.000828. The van der Waals surface area contributed by atoms with Gasteiger partial charge in [-0.2, -0.15) is 0 Å². The zero-order valence-corrected chi connectivity index (χ0v) is 13.7. The van der Waals surface area contributed by atoms with Gasteiger partial charge in [0.05, 0.1) is 12.5 Å². The van der Waals surface area contributed by atoms with Crippen LogP contribution in [0.15, 0.2) is 28.7 Å². The fourth-order valence-electron chi connectivity index (χ4n) is 1.94. The molecule has 0 unspecified atom stereocenters. The number of tetrazole rings is 1. The molecule has 1 amide bonds. The van der Waals surface area contributed by atoms with Crippen molar-refractivity contribution in [2.75, 3.05) is 6.54 Å². The third-order valence-corrected chi connectivity index (χ3v) is 3.53. The Labute approximate surface area is 132 Å². The summed E-state index contributed by atoms with van der Waals surface area (Å²) < 4.78 is 2.77. The molecule has 0 aliphatic rings. The predicted molar refractivity (Wildman–Crippen MR) is 82.8 cm³/mol. The molecule has 1 heterocycles. The Bertz CT molecular complexity index is 594. The second kappa shape index (κ2) is 7.31. The summed E-state index contributed by atoms with van der Waals surface area (Å²) in [5.74, 6) is 0.787. The zero-order valence-electron chi connectivity index (χ0n) is 12.1. The van der Waals surface area contributed by atoms with Gasteiger partial charge in [0.25, 0.3) is 0 Å². The van der Waals surface area contributed by atoms with Crippen LogP contribution in [-0.4, -0.2) is 32.7 Å². The van der Waals surface area contributed by atoms with E-state index in [0.29, 0.717) is 19.4 Å². The van der Waals surface area contributed by atoms with Crippen molar-refractivity contribution in [1.29, 1.82) is 0 Å². The molecular formula is C14H18BrN5O. The summed E-state index contributed by atoms with van der Waals surface area (Å²) in [5.41, 5.74) is 0.989. The molecule has 0 radical (unpaired) electrons. The number of nitrogens with zero attached hydrogens (tertiary/aromatic N) is 4. The molecule has 1 N–H and O–H groups in total. The first-order valence-electron chi connectivity index (χ1n) is 6.84. The number of nitrogens with one attached hydrogen (secondary N) is 1. The molecule has 2 rings (SSSR count). The van der Waals surface area contributed by atoms with Gasteiger partial charge in [-0.25, -0.2) is 4.68 Å². The van der Waals surface area contributed by atoms with Crippen LogP contribution in [0.3, 0.4) is 0 Å². The highest BCUT2D eigenvalue weighted by molar-refractivity contribution is 9.10. The first-order chi connectivity index (χ1) is 10.1. The van der Waals surface area contributed by atoms with E-state index in [1.165, 1.54) is 0 Å². The third-order valence-electron chi connectivity index (χ3n) is 3.00. The van der Waals surface area contributed by atoms with E-state index in [2.05, 4.69) is 36.8 Å². The molecule has 0 atom stereocenters. The molecule has 7 heteroatoms. The SMILES string of the molecule is CC(C)n1nnnc1CCNC(=O)Cc1ccc(Br)cc1. The van der Waals surface area contributed by atoms with Crippen molar-refractivity contribution in [3.05, 3.63) is 40.1 Å². The molecule has 1 aromatic carbocycles. The highest BCUT2D eigenvalue weighted by atomic mass is 79.9. The van der Waals surface area contributed by atoms with Gasteiger partial charge in [0, 0.05) is 17.4 Å². The van der Waals surface area contributed by atoms with Crippen LogP contribution in [0, 0.1) is 0 Å². The fraction of sp³-hybridized carbons (Fsp3) is 0.429. The minimum Gasteiger partial charge on any atom is -0.355 e. The van der Waals surface area contributed by atoms with E-state index in [4.69, 9.17) is 0 Å². The second-order valence-electron chi connectivity index (χ2n) is 5.04. The number of carbonyl (C=O) groups is 1. The lowest BCUT2D eigenvalue weighted by molar-refractivity contribution is -0.120. The number of rotatable bonds is 6. The standard InChI is InChI=1S/C14H18BrN5O/c1-10(2)20-13(17-18-19-20)7-8-16-14(21)9-11-3-5-12(15)6-4-11/h3-6,10H,7-9H2,1-2H3,(H,16,21). The lowest BCUT2D eigenvalue weighted by Crippen LogP contribution is -2.28. The number of hydrogen-bond donors (Lipinski definition) is 1. The van der Waals surface area contributed by atoms with Crippen LogP contribution < -0.4 is 5.32 Å². The van der Waals surface area contributed by atoms with Crippen LogP contribution in [0.4, 0.5) is 0 Å². The van der Waals surface area contributed by atoms with E-state index in [0.717, 1.165) is 15.9 Å². The molecule has 1 aromatic heterocycles. The van der Waals surface area contributed by atoms with E-state index in [1.54, 1.807) is 4.68 Å². The Hall–Kier alpha value is -1.76. The summed E-state index contributed by atoms with van der Waals surface area (Å²) in [6.07, 6.45) is 1.000. The lowest BCUT2D eigenvalue weighted by Gasteiger charge is -2.08. The van der Waals surface area contributed by atoms with Gasteiger partial charge in [0.1, 0.15) is 0 Å². The van der Waals surface area contributed by atoms with Crippen molar-refractivity contribution in [2.24, 2.45) is 0 Å². The molecule has 6 nitrogen and oxygen atoms in total. The zero-order chi connectivity index (χ0) is 15.2. The van der Waals surface area contributed by atoms with E-state index in [-0.39, 0.29) is 11.9 Å². The number of hydrogen-bond acceptors (Lipinski definition) is 4. The van der Waals surface area contributed by atoms with Crippen molar-refractivity contribution in [3.63, 3.8) is 0 Å². The summed E-state index contributed by atoms with van der Waals surface area (Å²) in [6.45, 7) is 4.57. The maximum absolute atomic E-state index is 11.9. The summed E-state index contributed by atoms with van der Waals surface area (Å²) in [7, 11) is 0. The molecule has 0 bridgehead atoms. The Morgan fingerprint density at radius 3 is 2.71 bits per heavy atom. The van der Waals surface area contributed by atoms with E-state index < -0.39 is 0 Å². The number of amides is 1. The largest absolute Gasteiger partial charge is 0.355 e. The summed E-state index contributed by atoms with van der Waals surface area (Å²) in [4.78, 5) is 11.9. The monoisotopic (exact) mass is 351 g/mol. The van der Waals surface area contributed by atoms with Crippen molar-refractivity contribution >= 4 is 21.8 Å². The van der Waals surface area contributed by atoms with Crippen LogP contribution in [0.25, 0.3) is 0 Å². The maximum Gasteiger partial charge on any atom is 0.224 e. The summed E-state index contributed by atoms with van der Waals surface area (Å²) in [5, 5.41) is 14.5. The predicted octanol–water partition coefficient (Wildman–Crippen LogP) is 1.92. The molecule has 0 saturated heterocycles. The Kier molecular flexibility index (Phi) is 5.44. The van der Waals surface area contributed by atoms with Gasteiger partial charge in [0.2, 0.25) is 5.91 Å². The molecule has 0 aliphatic heterocycles. The van der Waals surface area contributed by atoms with Gasteiger partial charge in [-0.3, -0.25) is 4.79 Å². The normalized spacial score (nSPS) is 10.9. The summed E-state index contributed by atoms with van der Waals surface area (Å²) >= 11 is 3.37. The lowest BCUT2D eigenvalue weighted by atomic mass is 10.1. The Balaban J connectivity index is 1.79. The first-order valence-corrected chi connectivity index (χ1v) is 7.63. The second-order valence-corrected chi connectivity index (χ2v) is 5.95. The van der Waals surface area contributed by atoms with E-state index in [1.807, 2.05) is 38.1 Å². The molecule has 112 valence electrons. The number of aromatic nitrogens is 4. The van der Waals surface area contributed by atoms with Crippen molar-refractivity contribution in [3.8, 4) is 0 Å². The molecule has 0 saturated carbocycles. The average molecular weight is 352 g/mol. The summed E-state index contributed by atoms with van der Waals surface area (Å²) in [6, 6.07) is 7.94. The smallest absolute Gasteiger partial charge is 0.224 e. The molecule has 0 fully saturated rings. The van der Waals surface area contributed by atoms with Crippen LogP contribution >= 0.6 is 15.9 Å². The van der Waals surface area contributed by atoms with Gasteiger partial charge >= 0.3 is 0 Å². The molecule has 21 heavy (non-hydrogen) atoms. The average Bonchev–Trinajstić information content (AvgIpc) is 2.90. The van der Waals surface area contributed by atoms with E-state index in [9.17, 15) is 4.79 Å². The van der Waals surface area contributed by atoms with Crippen LogP contribution in [0.5, 0.6) is 0 Å². The van der Waals surface area contributed by atoms with Crippen molar-refractivity contribution in [2.45, 2.75) is 32.7 Å². The highest BCUT2D eigenvalue weighted by Gasteiger charge is 2.09. The van der Waals surface area contributed by atoms with Gasteiger partial charge in [-0.05, 0) is 42.0 Å². The number of halogens is 1. The highest BCUT2D eigenvalue weighted by Crippen LogP contribution is 2.10. The van der Waals surface area contributed by atoms with Gasteiger partial charge in [-0.15, -0.1) is 5.10 Å². The van der Waals surface area contributed by atoms with Crippen molar-refractivity contribution in [1.82, 2.24) is 25.5 Å². The fourth-order valence-corrected chi connectivity index (χ4v) is 2.21. The van der Waals surface area contributed by atoms with Gasteiger partial charge < -0.3 is 5.32 Å². The van der Waals surface area contributed by atoms with Gasteiger partial charge in [0.15, 0.2) is 5.82 Å². The number of carbonyl (C=O) groups excluding carboxylic acids is 1. The quantitative estimate of drug-likeness (QED) is 0.862. The third kappa shape index (κ3) is 4.63. The van der Waals surface area contributed by atoms with Crippen LogP contribution in [0.1, 0.15) is 31.3 Å². The molecular weight excluding hydrogens is 334 g/mol. The molecule has 2 aromatic rings. The number of benzene rings is 1. The molecule has 0 aliphatic carbocycles. The first kappa shape index (κ1) is 15.6.